The molecule has 20 heavy (non-hydrogen) atoms. The zero-order chi connectivity index (χ0) is 13.5. The van der Waals surface area contributed by atoms with Gasteiger partial charge in [-0.3, -0.25) is 0 Å². The highest BCUT2D eigenvalue weighted by molar-refractivity contribution is 5.59. The van der Waals surface area contributed by atoms with Crippen LogP contribution in [-0.4, -0.2) is 19.3 Å². The van der Waals surface area contributed by atoms with Gasteiger partial charge in [-0.05, 0) is 50.1 Å². The van der Waals surface area contributed by atoms with E-state index in [2.05, 4.69) is 40.9 Å². The van der Waals surface area contributed by atoms with Gasteiger partial charge in [-0.15, -0.1) is 0 Å². The first-order valence-corrected chi connectivity index (χ1v) is 6.99. The summed E-state index contributed by atoms with van der Waals surface area (Å²) in [6, 6.07) is 10.4. The van der Waals surface area contributed by atoms with Crippen LogP contribution in [0.25, 0.3) is 17.1 Å². The molecule has 0 saturated heterocycles. The molecule has 0 N–H and O–H groups in total. The number of aromatic nitrogens is 4. The van der Waals surface area contributed by atoms with Crippen molar-refractivity contribution in [2.45, 2.75) is 26.3 Å². The van der Waals surface area contributed by atoms with Gasteiger partial charge in [-0.2, -0.15) is 5.10 Å². The lowest BCUT2D eigenvalue weighted by molar-refractivity contribution is 0.749. The quantitative estimate of drug-likeness (QED) is 0.713. The third-order valence-electron chi connectivity index (χ3n) is 3.96. The summed E-state index contributed by atoms with van der Waals surface area (Å²) in [5, 5.41) is 4.25. The van der Waals surface area contributed by atoms with Crippen molar-refractivity contribution < 1.29 is 0 Å². The van der Waals surface area contributed by atoms with Gasteiger partial charge < -0.3 is 4.57 Å². The molecule has 0 radical (unpaired) electrons. The van der Waals surface area contributed by atoms with Crippen LogP contribution in [0.15, 0.2) is 42.7 Å². The summed E-state index contributed by atoms with van der Waals surface area (Å²) in [6.07, 6.45) is 6.13. The smallest absolute Gasteiger partial charge is 0.140 e. The van der Waals surface area contributed by atoms with Crippen molar-refractivity contribution in [1.29, 1.82) is 0 Å². The van der Waals surface area contributed by atoms with Crippen LogP contribution in [-0.2, 0) is 13.0 Å². The molecule has 4 heteroatoms. The minimum atomic E-state index is 1.07. The molecule has 0 aliphatic carbocycles. The average molecular weight is 264 g/mol. The Hall–Kier alpha value is -2.36. The number of aryl methyl sites for hydroxylation is 1. The lowest BCUT2D eigenvalue weighted by Crippen LogP contribution is -1.97. The van der Waals surface area contributed by atoms with E-state index in [1.165, 1.54) is 23.4 Å². The van der Waals surface area contributed by atoms with Crippen LogP contribution in [0.2, 0.25) is 0 Å². The van der Waals surface area contributed by atoms with Crippen LogP contribution in [0.4, 0.5) is 0 Å². The second-order valence-electron chi connectivity index (χ2n) is 5.22. The van der Waals surface area contributed by atoms with Crippen LogP contribution in [0.5, 0.6) is 0 Å². The number of hydrogen-bond donors (Lipinski definition) is 0. The monoisotopic (exact) mass is 264 g/mol. The van der Waals surface area contributed by atoms with Crippen LogP contribution < -0.4 is 0 Å². The summed E-state index contributed by atoms with van der Waals surface area (Å²) >= 11 is 0. The Morgan fingerprint density at radius 3 is 2.75 bits per heavy atom. The van der Waals surface area contributed by atoms with E-state index >= 15 is 0 Å². The molecule has 0 bridgehead atoms. The van der Waals surface area contributed by atoms with Crippen LogP contribution >= 0.6 is 0 Å². The van der Waals surface area contributed by atoms with Gasteiger partial charge in [-0.25, -0.2) is 9.67 Å². The number of imidazole rings is 1. The molecule has 4 nitrogen and oxygen atoms in total. The molecular weight excluding hydrogens is 248 g/mol. The van der Waals surface area contributed by atoms with Gasteiger partial charge in [0, 0.05) is 30.2 Å². The van der Waals surface area contributed by atoms with Gasteiger partial charge in [0.1, 0.15) is 5.82 Å². The van der Waals surface area contributed by atoms with Crippen LogP contribution in [0.1, 0.15) is 17.8 Å². The molecule has 0 saturated carbocycles. The SMILES string of the molecule is Cc1nc(-c2ccc(-n3cccn3)cc2)n2c1CCC2. The van der Waals surface area contributed by atoms with Crippen molar-refractivity contribution in [2.75, 3.05) is 0 Å². The topological polar surface area (TPSA) is 35.6 Å². The fourth-order valence-electron chi connectivity index (χ4n) is 2.97. The maximum absolute atomic E-state index is 4.74. The Balaban J connectivity index is 1.75. The summed E-state index contributed by atoms with van der Waals surface area (Å²) in [4.78, 5) is 4.74. The molecular formula is C16H16N4. The van der Waals surface area contributed by atoms with Crippen molar-refractivity contribution >= 4 is 0 Å². The molecule has 0 atom stereocenters. The van der Waals surface area contributed by atoms with Crippen molar-refractivity contribution in [3.8, 4) is 17.1 Å². The zero-order valence-corrected chi connectivity index (χ0v) is 11.5. The van der Waals surface area contributed by atoms with Gasteiger partial charge in [0.05, 0.1) is 11.4 Å². The minimum Gasteiger partial charge on any atom is -0.328 e. The Bertz CT molecular complexity index is 736. The van der Waals surface area contributed by atoms with E-state index in [4.69, 9.17) is 4.98 Å². The molecule has 1 aromatic carbocycles. The Morgan fingerprint density at radius 2 is 2.00 bits per heavy atom. The van der Waals surface area contributed by atoms with Gasteiger partial charge in [0.2, 0.25) is 0 Å². The molecule has 4 rings (SSSR count). The highest BCUT2D eigenvalue weighted by atomic mass is 15.3. The van der Waals surface area contributed by atoms with E-state index in [9.17, 15) is 0 Å². The van der Waals surface area contributed by atoms with Crippen LogP contribution in [0.3, 0.4) is 0 Å². The normalized spacial score (nSPS) is 13.7. The maximum atomic E-state index is 4.74. The van der Waals surface area contributed by atoms with Gasteiger partial charge >= 0.3 is 0 Å². The minimum absolute atomic E-state index is 1.07. The maximum Gasteiger partial charge on any atom is 0.140 e. The number of nitrogens with zero attached hydrogens (tertiary/aromatic N) is 4. The van der Waals surface area contributed by atoms with E-state index in [0.29, 0.717) is 0 Å². The van der Waals surface area contributed by atoms with E-state index in [0.717, 1.165) is 24.5 Å². The summed E-state index contributed by atoms with van der Waals surface area (Å²) in [7, 11) is 0. The first-order chi connectivity index (χ1) is 9.83. The van der Waals surface area contributed by atoms with Gasteiger partial charge in [0.15, 0.2) is 0 Å². The molecule has 0 amide bonds. The fraction of sp³-hybridized carbons (Fsp3) is 0.250. The molecule has 1 aliphatic rings. The van der Waals surface area contributed by atoms with Gasteiger partial charge in [0.25, 0.3) is 0 Å². The van der Waals surface area contributed by atoms with E-state index in [1.54, 1.807) is 6.20 Å². The average Bonchev–Trinajstić information content (AvgIpc) is 3.18. The van der Waals surface area contributed by atoms with E-state index in [1.807, 2.05) is 16.9 Å². The highest BCUT2D eigenvalue weighted by Gasteiger charge is 2.19. The number of hydrogen-bond acceptors (Lipinski definition) is 2. The van der Waals surface area contributed by atoms with E-state index in [-0.39, 0.29) is 0 Å². The second-order valence-corrected chi connectivity index (χ2v) is 5.22. The lowest BCUT2D eigenvalue weighted by atomic mass is 10.2. The summed E-state index contributed by atoms with van der Waals surface area (Å²) in [5.41, 5.74) is 4.82. The lowest BCUT2D eigenvalue weighted by Gasteiger charge is -2.06. The Kier molecular flexibility index (Phi) is 2.49. The number of benzene rings is 1. The summed E-state index contributed by atoms with van der Waals surface area (Å²) < 4.78 is 4.23. The summed E-state index contributed by atoms with van der Waals surface area (Å²) in [5.74, 6) is 1.10. The molecule has 3 aromatic rings. The molecule has 1 aliphatic heterocycles. The Labute approximate surface area is 117 Å². The standard InChI is InChI=1S/C16H16N4/c1-12-15-4-2-10-19(15)16(18-12)13-5-7-14(8-6-13)20-11-3-9-17-20/h3,5-9,11H,2,4,10H2,1H3. The van der Waals surface area contributed by atoms with Crippen molar-refractivity contribution in [2.24, 2.45) is 0 Å². The molecule has 0 fully saturated rings. The third-order valence-corrected chi connectivity index (χ3v) is 3.96. The molecule has 100 valence electrons. The molecule has 0 unspecified atom stereocenters. The summed E-state index contributed by atoms with van der Waals surface area (Å²) in [6.45, 7) is 3.20. The number of rotatable bonds is 2. The Morgan fingerprint density at radius 1 is 1.15 bits per heavy atom. The highest BCUT2D eigenvalue weighted by Crippen LogP contribution is 2.28. The fourth-order valence-corrected chi connectivity index (χ4v) is 2.97. The van der Waals surface area contributed by atoms with E-state index < -0.39 is 0 Å². The van der Waals surface area contributed by atoms with Gasteiger partial charge in [-0.1, -0.05) is 0 Å². The predicted octanol–water partition coefficient (Wildman–Crippen LogP) is 2.99. The second kappa shape index (κ2) is 4.34. The first kappa shape index (κ1) is 11.5. The van der Waals surface area contributed by atoms with Crippen molar-refractivity contribution in [3.63, 3.8) is 0 Å². The molecule has 2 aromatic heterocycles. The van der Waals surface area contributed by atoms with Crippen molar-refractivity contribution in [1.82, 2.24) is 19.3 Å². The number of fused-ring (bicyclic) bond motifs is 1. The molecule has 3 heterocycles. The zero-order valence-electron chi connectivity index (χ0n) is 11.5. The largest absolute Gasteiger partial charge is 0.328 e. The van der Waals surface area contributed by atoms with Crippen LogP contribution in [0, 0.1) is 6.92 Å². The predicted molar refractivity (Wildman–Crippen MR) is 77.8 cm³/mol. The van der Waals surface area contributed by atoms with Crippen molar-refractivity contribution in [3.05, 3.63) is 54.1 Å². The first-order valence-electron chi connectivity index (χ1n) is 6.99. The molecule has 0 spiro atoms. The third kappa shape index (κ3) is 1.68.